The Bertz CT molecular complexity index is 237. The van der Waals surface area contributed by atoms with Gasteiger partial charge in [0.2, 0.25) is 0 Å². The molecule has 4 heteroatoms. The molecule has 0 spiro atoms. The van der Waals surface area contributed by atoms with Crippen LogP contribution < -0.4 is 4.74 Å². The Labute approximate surface area is 75.4 Å². The smallest absolute Gasteiger partial charge is 0.508 e. The minimum Gasteiger partial charge on any atom is -0.508 e. The second-order valence-electron chi connectivity index (χ2n) is 1.86. The van der Waals surface area contributed by atoms with Gasteiger partial charge in [-0.2, -0.15) is 0 Å². The zero-order valence-corrected chi connectivity index (χ0v) is 7.27. The van der Waals surface area contributed by atoms with Crippen LogP contribution in [0, 0.1) is 0 Å². The molecular formula is C7H8AlO3+3. The fourth-order valence-electron chi connectivity index (χ4n) is 0.666. The van der Waals surface area contributed by atoms with Gasteiger partial charge in [0.25, 0.3) is 0 Å². The molecule has 3 nitrogen and oxygen atoms in total. The van der Waals surface area contributed by atoms with Gasteiger partial charge >= 0.3 is 17.4 Å². The fraction of sp³-hybridized carbons (Fsp3) is 0.143. The molecule has 0 unspecified atom stereocenters. The van der Waals surface area contributed by atoms with Crippen molar-refractivity contribution in [3.63, 3.8) is 0 Å². The van der Waals surface area contributed by atoms with E-state index in [1.807, 2.05) is 0 Å². The van der Waals surface area contributed by atoms with Gasteiger partial charge in [-0.1, -0.05) is 0 Å². The second kappa shape index (κ2) is 4.12. The Morgan fingerprint density at radius 2 is 1.91 bits per heavy atom. The van der Waals surface area contributed by atoms with E-state index in [4.69, 9.17) is 14.9 Å². The molecule has 1 rings (SSSR count). The molecule has 0 bridgehead atoms. The van der Waals surface area contributed by atoms with E-state index in [1.54, 1.807) is 0 Å². The summed E-state index contributed by atoms with van der Waals surface area (Å²) in [6, 6.07) is 4.10. The van der Waals surface area contributed by atoms with Gasteiger partial charge < -0.3 is 14.9 Å². The van der Waals surface area contributed by atoms with Crippen molar-refractivity contribution in [1.29, 1.82) is 0 Å². The molecule has 11 heavy (non-hydrogen) atoms. The monoisotopic (exact) mass is 167 g/mol. The molecule has 0 saturated carbocycles. The first-order valence-electron chi connectivity index (χ1n) is 2.80. The third-order valence-corrected chi connectivity index (χ3v) is 1.16. The molecular weight excluding hydrogens is 159 g/mol. The van der Waals surface area contributed by atoms with Gasteiger partial charge in [0.15, 0.2) is 11.5 Å². The Morgan fingerprint density at radius 1 is 1.27 bits per heavy atom. The average molecular weight is 167 g/mol. The largest absolute Gasteiger partial charge is 3.00 e. The first kappa shape index (κ1) is 10.2. The summed E-state index contributed by atoms with van der Waals surface area (Å²) in [7, 11) is 1.43. The Kier molecular flexibility index (Phi) is 3.80. The summed E-state index contributed by atoms with van der Waals surface area (Å²) in [6.07, 6.45) is 0. The van der Waals surface area contributed by atoms with E-state index < -0.39 is 0 Å². The van der Waals surface area contributed by atoms with E-state index in [-0.39, 0.29) is 34.6 Å². The van der Waals surface area contributed by atoms with Crippen molar-refractivity contribution in [3.05, 3.63) is 18.2 Å². The molecule has 1 aromatic carbocycles. The number of phenols is 2. The molecule has 0 fully saturated rings. The van der Waals surface area contributed by atoms with Crippen LogP contribution in [0.4, 0.5) is 0 Å². The van der Waals surface area contributed by atoms with Gasteiger partial charge in [0.1, 0.15) is 5.75 Å². The van der Waals surface area contributed by atoms with Gasteiger partial charge in [-0.25, -0.2) is 0 Å². The Hall–Kier alpha value is -0.848. The maximum Gasteiger partial charge on any atom is 3.00 e. The third-order valence-electron chi connectivity index (χ3n) is 1.16. The summed E-state index contributed by atoms with van der Waals surface area (Å²) >= 11 is 0. The van der Waals surface area contributed by atoms with E-state index >= 15 is 0 Å². The van der Waals surface area contributed by atoms with E-state index in [0.29, 0.717) is 0 Å². The summed E-state index contributed by atoms with van der Waals surface area (Å²) in [5.74, 6) is 0.384. The zero-order valence-electron chi connectivity index (χ0n) is 6.11. The molecule has 0 aliphatic rings. The number of ether oxygens (including phenoxy) is 1. The topological polar surface area (TPSA) is 49.7 Å². The van der Waals surface area contributed by atoms with Crippen molar-refractivity contribution in [2.45, 2.75) is 0 Å². The molecule has 0 aliphatic carbocycles. The molecule has 0 atom stereocenters. The molecule has 54 valence electrons. The van der Waals surface area contributed by atoms with Crippen LogP contribution in [0.5, 0.6) is 17.2 Å². The summed E-state index contributed by atoms with van der Waals surface area (Å²) < 4.78 is 4.72. The normalized spacial score (nSPS) is 8.45. The molecule has 0 amide bonds. The molecule has 0 radical (unpaired) electrons. The van der Waals surface area contributed by atoms with Crippen molar-refractivity contribution < 1.29 is 14.9 Å². The minimum atomic E-state index is 0. The number of methoxy groups -OCH3 is 1. The molecule has 1 aromatic rings. The summed E-state index contributed by atoms with van der Waals surface area (Å²) in [6.45, 7) is 0. The quantitative estimate of drug-likeness (QED) is 0.478. The Morgan fingerprint density at radius 3 is 2.36 bits per heavy atom. The van der Waals surface area contributed by atoms with Gasteiger partial charge in [0.05, 0.1) is 7.11 Å². The van der Waals surface area contributed by atoms with Crippen LogP contribution in [0.2, 0.25) is 0 Å². The van der Waals surface area contributed by atoms with Gasteiger partial charge in [-0.15, -0.1) is 0 Å². The molecule has 2 N–H and O–H groups in total. The van der Waals surface area contributed by atoms with Crippen molar-refractivity contribution in [1.82, 2.24) is 0 Å². The van der Waals surface area contributed by atoms with Crippen LogP contribution in [0.15, 0.2) is 18.2 Å². The zero-order chi connectivity index (χ0) is 7.56. The molecule has 0 heterocycles. The predicted molar refractivity (Wildman–Crippen MR) is 42.1 cm³/mol. The SMILES string of the molecule is COc1cc(O)ccc1O.[Al+3]. The molecule has 0 aromatic heterocycles. The second-order valence-corrected chi connectivity index (χ2v) is 1.86. The number of aromatic hydroxyl groups is 2. The van der Waals surface area contributed by atoms with E-state index in [2.05, 4.69) is 0 Å². The average Bonchev–Trinajstić information content (AvgIpc) is 1.94. The van der Waals surface area contributed by atoms with Crippen LogP contribution in [-0.2, 0) is 0 Å². The molecule has 0 saturated heterocycles. The number of phenolic OH excluding ortho intramolecular Hbond substituents is 2. The first-order chi connectivity index (χ1) is 4.74. The van der Waals surface area contributed by atoms with Gasteiger partial charge in [-0.3, -0.25) is 0 Å². The van der Waals surface area contributed by atoms with E-state index in [0.717, 1.165) is 0 Å². The van der Waals surface area contributed by atoms with E-state index in [9.17, 15) is 0 Å². The maximum atomic E-state index is 9.00. The predicted octanol–water partition coefficient (Wildman–Crippen LogP) is 0.726. The first-order valence-corrected chi connectivity index (χ1v) is 2.80. The summed E-state index contributed by atoms with van der Waals surface area (Å²) in [5, 5.41) is 17.9. The van der Waals surface area contributed by atoms with Crippen molar-refractivity contribution in [2.75, 3.05) is 7.11 Å². The van der Waals surface area contributed by atoms with Crippen LogP contribution in [0.25, 0.3) is 0 Å². The van der Waals surface area contributed by atoms with Crippen LogP contribution >= 0.6 is 0 Å². The van der Waals surface area contributed by atoms with E-state index in [1.165, 1.54) is 25.3 Å². The maximum absolute atomic E-state index is 9.00. The van der Waals surface area contributed by atoms with Gasteiger partial charge in [0, 0.05) is 6.07 Å². The number of benzene rings is 1. The van der Waals surface area contributed by atoms with Crippen molar-refractivity contribution >= 4 is 17.4 Å². The number of hydrogen-bond donors (Lipinski definition) is 2. The third kappa shape index (κ3) is 2.34. The standard InChI is InChI=1S/C7H8O3.Al/c1-10-7-4-5(8)2-3-6(7)9;/h2-4,8-9H,1H3;/q;+3. The van der Waals surface area contributed by atoms with Crippen molar-refractivity contribution in [3.8, 4) is 17.2 Å². The van der Waals surface area contributed by atoms with Crippen LogP contribution in [0.1, 0.15) is 0 Å². The summed E-state index contributed by atoms with van der Waals surface area (Å²) in [5.41, 5.74) is 0. The number of hydrogen-bond acceptors (Lipinski definition) is 3. The number of rotatable bonds is 1. The van der Waals surface area contributed by atoms with Crippen LogP contribution in [0.3, 0.4) is 0 Å². The van der Waals surface area contributed by atoms with Crippen LogP contribution in [-0.4, -0.2) is 34.7 Å². The van der Waals surface area contributed by atoms with Crippen molar-refractivity contribution in [2.24, 2.45) is 0 Å². The van der Waals surface area contributed by atoms with Gasteiger partial charge in [-0.05, 0) is 12.1 Å². The fourth-order valence-corrected chi connectivity index (χ4v) is 0.666. The molecule has 0 aliphatic heterocycles. The Balaban J connectivity index is 0.000001000. The summed E-state index contributed by atoms with van der Waals surface area (Å²) in [4.78, 5) is 0. The minimum absolute atomic E-state index is 0.